The topological polar surface area (TPSA) is 17.1 Å². The van der Waals surface area contributed by atoms with Gasteiger partial charge in [-0.2, -0.15) is 0 Å². The number of carbonyl (C=O) groups is 1. The van der Waals surface area contributed by atoms with Gasteiger partial charge in [0, 0.05) is 5.92 Å². The molecule has 0 bridgehead atoms. The monoisotopic (exact) mass is 232 g/mol. The van der Waals surface area contributed by atoms with Gasteiger partial charge in [0.1, 0.15) is 0 Å². The summed E-state index contributed by atoms with van der Waals surface area (Å²) < 4.78 is 0. The average molecular weight is 232 g/mol. The fourth-order valence-electron chi connectivity index (χ4n) is 4.01. The number of Topliss-reactive ketones (excluding diaryl/α,β-unsaturated/α-hetero) is 1. The van der Waals surface area contributed by atoms with E-state index >= 15 is 0 Å². The van der Waals surface area contributed by atoms with Crippen LogP contribution in [0.25, 0.3) is 0 Å². The number of fused-ring (bicyclic) bond motifs is 1. The molecular formula is C16H24O. The van der Waals surface area contributed by atoms with Gasteiger partial charge in [0.05, 0.1) is 0 Å². The largest absolute Gasteiger partial charge is 0.294 e. The number of ketones is 1. The Kier molecular flexibility index (Phi) is 3.35. The third-order valence-electron chi connectivity index (χ3n) is 5.07. The SMILES string of the molecule is O=C(C1=CCCCCCC1)C1C2CCCCC21. The molecule has 0 amide bonds. The normalized spacial score (nSPS) is 37.4. The fraction of sp³-hybridized carbons (Fsp3) is 0.812. The Morgan fingerprint density at radius 2 is 1.65 bits per heavy atom. The molecule has 0 spiro atoms. The van der Waals surface area contributed by atoms with Crippen molar-refractivity contribution >= 4 is 5.78 Å². The molecule has 17 heavy (non-hydrogen) atoms. The van der Waals surface area contributed by atoms with Crippen molar-refractivity contribution in [2.24, 2.45) is 17.8 Å². The molecule has 0 aliphatic heterocycles. The fourth-order valence-corrected chi connectivity index (χ4v) is 4.01. The van der Waals surface area contributed by atoms with Crippen molar-refractivity contribution in [1.82, 2.24) is 0 Å². The van der Waals surface area contributed by atoms with Gasteiger partial charge in [0.2, 0.25) is 0 Å². The second kappa shape index (κ2) is 4.96. The van der Waals surface area contributed by atoms with Crippen LogP contribution in [-0.2, 0) is 4.79 Å². The minimum Gasteiger partial charge on any atom is -0.294 e. The highest BCUT2D eigenvalue weighted by molar-refractivity contribution is 5.99. The molecule has 3 aliphatic rings. The zero-order chi connectivity index (χ0) is 11.7. The van der Waals surface area contributed by atoms with Crippen molar-refractivity contribution in [3.63, 3.8) is 0 Å². The smallest absolute Gasteiger partial charge is 0.162 e. The van der Waals surface area contributed by atoms with Crippen LogP contribution >= 0.6 is 0 Å². The van der Waals surface area contributed by atoms with Crippen LogP contribution in [0.15, 0.2) is 11.6 Å². The number of rotatable bonds is 2. The third kappa shape index (κ3) is 2.34. The predicted molar refractivity (Wildman–Crippen MR) is 69.7 cm³/mol. The quantitative estimate of drug-likeness (QED) is 0.694. The standard InChI is InChI=1S/C16H24O/c17-16(12-8-4-2-1-3-5-9-12)15-13-10-6-7-11-14(13)15/h8,13-15H,1-7,9-11H2. The van der Waals surface area contributed by atoms with E-state index in [9.17, 15) is 4.79 Å². The summed E-state index contributed by atoms with van der Waals surface area (Å²) >= 11 is 0. The summed E-state index contributed by atoms with van der Waals surface area (Å²) in [5, 5.41) is 0. The molecule has 0 saturated heterocycles. The summed E-state index contributed by atoms with van der Waals surface area (Å²) in [7, 11) is 0. The van der Waals surface area contributed by atoms with Gasteiger partial charge in [0.25, 0.3) is 0 Å². The molecule has 1 heteroatoms. The highest BCUT2D eigenvalue weighted by atomic mass is 16.1. The first-order valence-corrected chi connectivity index (χ1v) is 7.61. The molecular weight excluding hydrogens is 208 g/mol. The minimum atomic E-state index is 0.447. The van der Waals surface area contributed by atoms with E-state index in [1.165, 1.54) is 56.9 Å². The van der Waals surface area contributed by atoms with Gasteiger partial charge >= 0.3 is 0 Å². The first kappa shape index (κ1) is 11.5. The Balaban J connectivity index is 1.65. The molecule has 2 unspecified atom stereocenters. The number of hydrogen-bond donors (Lipinski definition) is 0. The molecule has 0 radical (unpaired) electrons. The van der Waals surface area contributed by atoms with Gasteiger partial charge in [-0.15, -0.1) is 0 Å². The van der Waals surface area contributed by atoms with Gasteiger partial charge in [-0.3, -0.25) is 4.79 Å². The van der Waals surface area contributed by atoms with E-state index in [-0.39, 0.29) is 0 Å². The summed E-state index contributed by atoms with van der Waals surface area (Å²) in [4.78, 5) is 12.5. The summed E-state index contributed by atoms with van der Waals surface area (Å²) in [5.41, 5.74) is 1.20. The zero-order valence-electron chi connectivity index (χ0n) is 10.8. The number of carbonyl (C=O) groups excluding carboxylic acids is 1. The van der Waals surface area contributed by atoms with E-state index in [1.54, 1.807) is 0 Å². The first-order valence-electron chi connectivity index (χ1n) is 7.61. The van der Waals surface area contributed by atoms with Crippen LogP contribution < -0.4 is 0 Å². The molecule has 0 aromatic heterocycles. The maximum Gasteiger partial charge on any atom is 0.162 e. The van der Waals surface area contributed by atoms with E-state index in [1.807, 2.05) is 0 Å². The predicted octanol–water partition coefficient (Wildman–Crippen LogP) is 4.27. The molecule has 94 valence electrons. The molecule has 2 fully saturated rings. The molecule has 3 rings (SSSR count). The van der Waals surface area contributed by atoms with Crippen molar-refractivity contribution in [2.45, 2.75) is 64.2 Å². The van der Waals surface area contributed by atoms with E-state index in [0.717, 1.165) is 24.7 Å². The van der Waals surface area contributed by atoms with E-state index in [4.69, 9.17) is 0 Å². The van der Waals surface area contributed by atoms with Crippen LogP contribution in [0.1, 0.15) is 64.2 Å². The maximum absolute atomic E-state index is 12.5. The van der Waals surface area contributed by atoms with Crippen molar-refractivity contribution in [3.05, 3.63) is 11.6 Å². The van der Waals surface area contributed by atoms with Crippen LogP contribution in [-0.4, -0.2) is 5.78 Å². The molecule has 0 heterocycles. The van der Waals surface area contributed by atoms with Crippen LogP contribution in [0.4, 0.5) is 0 Å². The second-order valence-corrected chi connectivity index (χ2v) is 6.18. The van der Waals surface area contributed by atoms with Crippen LogP contribution in [0.2, 0.25) is 0 Å². The van der Waals surface area contributed by atoms with Crippen molar-refractivity contribution in [3.8, 4) is 0 Å². The molecule has 2 atom stereocenters. The molecule has 3 aliphatic carbocycles. The lowest BCUT2D eigenvalue weighted by atomic mass is 9.94. The van der Waals surface area contributed by atoms with Gasteiger partial charge < -0.3 is 0 Å². The van der Waals surface area contributed by atoms with Crippen LogP contribution in [0, 0.1) is 17.8 Å². The van der Waals surface area contributed by atoms with Gasteiger partial charge in [-0.25, -0.2) is 0 Å². The van der Waals surface area contributed by atoms with E-state index < -0.39 is 0 Å². The minimum absolute atomic E-state index is 0.447. The van der Waals surface area contributed by atoms with Crippen molar-refractivity contribution < 1.29 is 4.79 Å². The molecule has 0 aromatic carbocycles. The highest BCUT2D eigenvalue weighted by Gasteiger charge is 2.54. The average Bonchev–Trinajstić information content (AvgIpc) is 3.01. The Hall–Kier alpha value is -0.590. The van der Waals surface area contributed by atoms with Crippen molar-refractivity contribution in [1.29, 1.82) is 0 Å². The number of allylic oxidation sites excluding steroid dienone is 2. The highest BCUT2D eigenvalue weighted by Crippen LogP contribution is 2.56. The molecule has 0 N–H and O–H groups in total. The molecule has 1 nitrogen and oxygen atoms in total. The summed E-state index contributed by atoms with van der Waals surface area (Å²) in [6.45, 7) is 0. The first-order chi connectivity index (χ1) is 8.38. The summed E-state index contributed by atoms with van der Waals surface area (Å²) in [6, 6.07) is 0. The van der Waals surface area contributed by atoms with Crippen LogP contribution in [0.5, 0.6) is 0 Å². The maximum atomic E-state index is 12.5. The molecule has 0 aromatic rings. The Morgan fingerprint density at radius 1 is 0.941 bits per heavy atom. The Bertz CT molecular complexity index is 316. The van der Waals surface area contributed by atoms with Crippen molar-refractivity contribution in [2.75, 3.05) is 0 Å². The van der Waals surface area contributed by atoms with E-state index in [2.05, 4.69) is 6.08 Å². The summed E-state index contributed by atoms with van der Waals surface area (Å²) in [5.74, 6) is 2.55. The Labute approximate surface area is 105 Å². The molecule has 2 saturated carbocycles. The summed E-state index contributed by atoms with van der Waals surface area (Å²) in [6.07, 6.45) is 15.1. The van der Waals surface area contributed by atoms with Crippen LogP contribution in [0.3, 0.4) is 0 Å². The van der Waals surface area contributed by atoms with Gasteiger partial charge in [-0.05, 0) is 55.9 Å². The number of hydrogen-bond acceptors (Lipinski definition) is 1. The van der Waals surface area contributed by atoms with Gasteiger partial charge in [0.15, 0.2) is 5.78 Å². The lowest BCUT2D eigenvalue weighted by Crippen LogP contribution is -2.08. The lowest BCUT2D eigenvalue weighted by molar-refractivity contribution is -0.117. The zero-order valence-corrected chi connectivity index (χ0v) is 10.8. The van der Waals surface area contributed by atoms with E-state index in [0.29, 0.717) is 11.7 Å². The second-order valence-electron chi connectivity index (χ2n) is 6.18. The van der Waals surface area contributed by atoms with Gasteiger partial charge in [-0.1, -0.05) is 31.8 Å². The third-order valence-corrected chi connectivity index (χ3v) is 5.07. The Morgan fingerprint density at radius 3 is 2.41 bits per heavy atom. The lowest BCUT2D eigenvalue weighted by Gasteiger charge is -2.10.